The van der Waals surface area contributed by atoms with Crippen LogP contribution in [0.25, 0.3) is 16.3 Å². The predicted octanol–water partition coefficient (Wildman–Crippen LogP) is 4.61. The molecule has 5 rings (SSSR count). The zero-order valence-electron chi connectivity index (χ0n) is 14.9. The van der Waals surface area contributed by atoms with E-state index in [9.17, 15) is 4.79 Å². The van der Waals surface area contributed by atoms with Gasteiger partial charge in [0, 0.05) is 19.0 Å². The minimum atomic E-state index is 0.0634. The third-order valence-corrected chi connectivity index (χ3v) is 6.40. The third kappa shape index (κ3) is 3.12. The molecule has 1 saturated heterocycles. The standard InChI is InChI=1S/C22H20N2O2S/c25-21(10-8-15-7-9-19-16(14-15)11-13-26-19)24-12-3-5-18(24)22-23-17-4-1-2-6-20(17)27-22/h1-2,4,6-10,14,18H,3,5,11-13H2/b10-8+. The summed E-state index contributed by atoms with van der Waals surface area (Å²) in [6.45, 7) is 1.54. The maximum atomic E-state index is 12.8. The smallest absolute Gasteiger partial charge is 0.247 e. The molecule has 1 amide bonds. The first kappa shape index (κ1) is 16.5. The highest BCUT2D eigenvalue weighted by Gasteiger charge is 2.31. The molecular weight excluding hydrogens is 356 g/mol. The monoisotopic (exact) mass is 376 g/mol. The molecule has 136 valence electrons. The number of rotatable bonds is 3. The number of carbonyl (C=O) groups excluding carboxylic acids is 1. The van der Waals surface area contributed by atoms with Gasteiger partial charge in [0.05, 0.1) is 22.9 Å². The summed E-state index contributed by atoms with van der Waals surface area (Å²) < 4.78 is 6.73. The SMILES string of the molecule is O=C(/C=C/c1ccc2c(c1)CCO2)N1CCCC1c1nc2ccccc2s1. The van der Waals surface area contributed by atoms with E-state index in [1.54, 1.807) is 17.4 Å². The minimum Gasteiger partial charge on any atom is -0.493 e. The van der Waals surface area contributed by atoms with Gasteiger partial charge in [-0.3, -0.25) is 4.79 Å². The normalized spacial score (nSPS) is 19.0. The summed E-state index contributed by atoms with van der Waals surface area (Å²) in [7, 11) is 0. The third-order valence-electron chi connectivity index (χ3n) is 5.26. The number of hydrogen-bond donors (Lipinski definition) is 0. The van der Waals surface area contributed by atoms with Gasteiger partial charge in [0.15, 0.2) is 0 Å². The Labute approximate surface area is 162 Å². The molecule has 0 aliphatic carbocycles. The molecule has 3 heterocycles. The molecule has 0 saturated carbocycles. The largest absolute Gasteiger partial charge is 0.493 e. The molecule has 4 nitrogen and oxygen atoms in total. The van der Waals surface area contributed by atoms with Crippen LogP contribution in [0.5, 0.6) is 5.75 Å². The molecule has 2 aliphatic heterocycles. The molecule has 0 bridgehead atoms. The lowest BCUT2D eigenvalue weighted by Gasteiger charge is -2.21. The zero-order chi connectivity index (χ0) is 18.2. The van der Waals surface area contributed by atoms with Crippen LogP contribution in [0, 0.1) is 0 Å². The van der Waals surface area contributed by atoms with Crippen molar-refractivity contribution in [2.75, 3.05) is 13.2 Å². The van der Waals surface area contributed by atoms with Gasteiger partial charge < -0.3 is 9.64 Å². The molecule has 0 radical (unpaired) electrons. The van der Waals surface area contributed by atoms with E-state index in [1.807, 2.05) is 41.3 Å². The first-order valence-electron chi connectivity index (χ1n) is 9.38. The molecule has 0 N–H and O–H groups in total. The maximum Gasteiger partial charge on any atom is 0.247 e. The van der Waals surface area contributed by atoms with Crippen molar-refractivity contribution in [3.63, 3.8) is 0 Å². The second-order valence-corrected chi connectivity index (χ2v) is 8.07. The first-order chi connectivity index (χ1) is 13.3. The van der Waals surface area contributed by atoms with Crippen molar-refractivity contribution in [2.24, 2.45) is 0 Å². The van der Waals surface area contributed by atoms with Crippen LogP contribution in [0.15, 0.2) is 48.5 Å². The summed E-state index contributed by atoms with van der Waals surface area (Å²) in [6, 6.07) is 14.4. The Hall–Kier alpha value is -2.66. The summed E-state index contributed by atoms with van der Waals surface area (Å²) in [5.41, 5.74) is 3.29. The number of thiazole rings is 1. The molecule has 27 heavy (non-hydrogen) atoms. The molecule has 1 atom stereocenters. The van der Waals surface area contributed by atoms with Crippen molar-refractivity contribution in [1.29, 1.82) is 0 Å². The molecule has 1 aromatic heterocycles. The lowest BCUT2D eigenvalue weighted by molar-refractivity contribution is -0.126. The molecule has 3 aromatic rings. The van der Waals surface area contributed by atoms with E-state index in [4.69, 9.17) is 9.72 Å². The van der Waals surface area contributed by atoms with E-state index >= 15 is 0 Å². The highest BCUT2D eigenvalue weighted by atomic mass is 32.1. The van der Waals surface area contributed by atoms with Crippen LogP contribution in [0.4, 0.5) is 0 Å². The van der Waals surface area contributed by atoms with Gasteiger partial charge in [-0.05, 0) is 54.3 Å². The number of amides is 1. The summed E-state index contributed by atoms with van der Waals surface area (Å²) in [5, 5.41) is 1.05. The number of fused-ring (bicyclic) bond motifs is 2. The van der Waals surface area contributed by atoms with Crippen molar-refractivity contribution < 1.29 is 9.53 Å². The quantitative estimate of drug-likeness (QED) is 0.627. The van der Waals surface area contributed by atoms with Gasteiger partial charge in [0.25, 0.3) is 0 Å². The second kappa shape index (κ2) is 6.82. The van der Waals surface area contributed by atoms with Gasteiger partial charge in [0.2, 0.25) is 5.91 Å². The van der Waals surface area contributed by atoms with Gasteiger partial charge in [-0.25, -0.2) is 4.98 Å². The molecule has 2 aromatic carbocycles. The van der Waals surface area contributed by atoms with Gasteiger partial charge in [0.1, 0.15) is 10.8 Å². The summed E-state index contributed by atoms with van der Waals surface area (Å²) in [6.07, 6.45) is 6.56. The summed E-state index contributed by atoms with van der Waals surface area (Å²) in [4.78, 5) is 19.6. The van der Waals surface area contributed by atoms with E-state index in [1.165, 1.54) is 10.3 Å². The fourth-order valence-electron chi connectivity index (χ4n) is 3.89. The number of hydrogen-bond acceptors (Lipinski definition) is 4. The highest BCUT2D eigenvalue weighted by Crippen LogP contribution is 2.36. The van der Waals surface area contributed by atoms with Crippen LogP contribution in [-0.2, 0) is 11.2 Å². The Morgan fingerprint density at radius 3 is 3.11 bits per heavy atom. The molecular formula is C22H20N2O2S. The van der Waals surface area contributed by atoms with E-state index in [-0.39, 0.29) is 11.9 Å². The maximum absolute atomic E-state index is 12.8. The van der Waals surface area contributed by atoms with Crippen LogP contribution in [0.1, 0.15) is 35.0 Å². The fraction of sp³-hybridized carbons (Fsp3) is 0.273. The lowest BCUT2D eigenvalue weighted by atomic mass is 10.1. The number of ether oxygens (including phenoxy) is 1. The van der Waals surface area contributed by atoms with Crippen LogP contribution >= 0.6 is 11.3 Å². The average molecular weight is 376 g/mol. The zero-order valence-corrected chi connectivity index (χ0v) is 15.7. The average Bonchev–Trinajstić information content (AvgIpc) is 3.43. The van der Waals surface area contributed by atoms with Crippen molar-refractivity contribution in [3.05, 3.63) is 64.7 Å². The molecule has 2 aliphatic rings. The fourth-order valence-corrected chi connectivity index (χ4v) is 5.01. The van der Waals surface area contributed by atoms with E-state index in [0.29, 0.717) is 0 Å². The van der Waals surface area contributed by atoms with E-state index < -0.39 is 0 Å². The number of likely N-dealkylation sites (tertiary alicyclic amines) is 1. The number of nitrogens with zero attached hydrogens (tertiary/aromatic N) is 2. The lowest BCUT2D eigenvalue weighted by Crippen LogP contribution is -2.28. The van der Waals surface area contributed by atoms with Crippen LogP contribution in [0.2, 0.25) is 0 Å². The van der Waals surface area contributed by atoms with Crippen molar-refractivity contribution in [2.45, 2.75) is 25.3 Å². The Morgan fingerprint density at radius 1 is 1.26 bits per heavy atom. The Kier molecular flexibility index (Phi) is 4.17. The number of carbonyl (C=O) groups is 1. The van der Waals surface area contributed by atoms with Gasteiger partial charge in [-0.1, -0.05) is 18.2 Å². The van der Waals surface area contributed by atoms with Crippen LogP contribution < -0.4 is 4.74 Å². The predicted molar refractivity (Wildman–Crippen MR) is 108 cm³/mol. The Morgan fingerprint density at radius 2 is 2.19 bits per heavy atom. The molecule has 1 unspecified atom stereocenters. The van der Waals surface area contributed by atoms with E-state index in [0.717, 1.165) is 54.3 Å². The van der Waals surface area contributed by atoms with Crippen molar-refractivity contribution in [3.8, 4) is 5.75 Å². The summed E-state index contributed by atoms with van der Waals surface area (Å²) in [5.74, 6) is 1.03. The van der Waals surface area contributed by atoms with Crippen molar-refractivity contribution in [1.82, 2.24) is 9.88 Å². The molecule has 0 spiro atoms. The number of para-hydroxylation sites is 1. The Bertz CT molecular complexity index is 1010. The molecule has 1 fully saturated rings. The minimum absolute atomic E-state index is 0.0634. The van der Waals surface area contributed by atoms with Gasteiger partial charge in [-0.2, -0.15) is 0 Å². The van der Waals surface area contributed by atoms with Gasteiger partial charge in [-0.15, -0.1) is 11.3 Å². The van der Waals surface area contributed by atoms with Crippen LogP contribution in [0.3, 0.4) is 0 Å². The number of benzene rings is 2. The topological polar surface area (TPSA) is 42.4 Å². The number of aromatic nitrogens is 1. The van der Waals surface area contributed by atoms with Crippen molar-refractivity contribution >= 4 is 33.5 Å². The summed E-state index contributed by atoms with van der Waals surface area (Å²) >= 11 is 1.70. The molecule has 5 heteroatoms. The highest BCUT2D eigenvalue weighted by molar-refractivity contribution is 7.18. The second-order valence-electron chi connectivity index (χ2n) is 7.01. The van der Waals surface area contributed by atoms with Gasteiger partial charge >= 0.3 is 0 Å². The van der Waals surface area contributed by atoms with E-state index in [2.05, 4.69) is 12.1 Å². The first-order valence-corrected chi connectivity index (χ1v) is 10.2. The van der Waals surface area contributed by atoms with Crippen LogP contribution in [-0.4, -0.2) is 28.9 Å². The Balaban J connectivity index is 1.35.